The average molecular weight is 298 g/mol. The van der Waals surface area contributed by atoms with Crippen LogP contribution in [0.15, 0.2) is 6.20 Å². The van der Waals surface area contributed by atoms with E-state index in [4.69, 9.17) is 11.6 Å². The van der Waals surface area contributed by atoms with Crippen molar-refractivity contribution in [2.45, 2.75) is 57.2 Å². The van der Waals surface area contributed by atoms with Gasteiger partial charge in [-0.2, -0.15) is 0 Å². The third kappa shape index (κ3) is 2.74. The van der Waals surface area contributed by atoms with E-state index in [1.807, 2.05) is 11.6 Å². The van der Waals surface area contributed by atoms with Gasteiger partial charge in [0.15, 0.2) is 0 Å². The lowest BCUT2D eigenvalue weighted by Crippen LogP contribution is -2.46. The largest absolute Gasteiger partial charge is 0.393 e. The van der Waals surface area contributed by atoms with Crippen molar-refractivity contribution in [2.24, 2.45) is 13.0 Å². The summed E-state index contributed by atoms with van der Waals surface area (Å²) < 4.78 is 1.96. The molecule has 1 aromatic heterocycles. The molecule has 3 atom stereocenters. The molecular formula is C15H24ClN3O. The molecule has 1 saturated heterocycles. The van der Waals surface area contributed by atoms with Gasteiger partial charge < -0.3 is 9.67 Å². The Morgan fingerprint density at radius 3 is 2.80 bits per heavy atom. The smallest absolute Gasteiger partial charge is 0.128 e. The van der Waals surface area contributed by atoms with E-state index in [1.165, 1.54) is 32.1 Å². The summed E-state index contributed by atoms with van der Waals surface area (Å²) in [5, 5.41) is 10.9. The van der Waals surface area contributed by atoms with Crippen molar-refractivity contribution >= 4 is 11.6 Å². The van der Waals surface area contributed by atoms with E-state index in [-0.39, 0.29) is 6.10 Å². The number of aliphatic hydroxyl groups excluding tert-OH is 1. The zero-order chi connectivity index (χ0) is 14.1. The SMILES string of the molecule is Cn1c(Cl)cnc1CN1CCCCC1C1CCCC1O. The van der Waals surface area contributed by atoms with Crippen molar-refractivity contribution in [3.8, 4) is 0 Å². The zero-order valence-corrected chi connectivity index (χ0v) is 12.9. The van der Waals surface area contributed by atoms with Gasteiger partial charge >= 0.3 is 0 Å². The highest BCUT2D eigenvalue weighted by atomic mass is 35.5. The fourth-order valence-electron chi connectivity index (χ4n) is 3.87. The topological polar surface area (TPSA) is 41.3 Å². The number of likely N-dealkylation sites (tertiary alicyclic amines) is 1. The second kappa shape index (κ2) is 6.04. The minimum atomic E-state index is -0.106. The lowest BCUT2D eigenvalue weighted by atomic mass is 9.88. The molecule has 0 aromatic carbocycles. The van der Waals surface area contributed by atoms with Gasteiger partial charge in [-0.3, -0.25) is 4.90 Å². The van der Waals surface area contributed by atoms with Crippen molar-refractivity contribution in [1.29, 1.82) is 0 Å². The van der Waals surface area contributed by atoms with Gasteiger partial charge in [0.05, 0.1) is 18.8 Å². The summed E-state index contributed by atoms with van der Waals surface area (Å²) >= 11 is 6.08. The second-order valence-corrected chi connectivity index (χ2v) is 6.64. The summed E-state index contributed by atoms with van der Waals surface area (Å²) in [6, 6.07) is 0.511. The highest BCUT2D eigenvalue weighted by Gasteiger charge is 2.37. The van der Waals surface area contributed by atoms with E-state index in [0.29, 0.717) is 17.1 Å². The third-order valence-corrected chi connectivity index (χ3v) is 5.41. The number of piperidine rings is 1. The van der Waals surface area contributed by atoms with E-state index in [2.05, 4.69) is 9.88 Å². The Hall–Kier alpha value is -0.580. The molecule has 1 saturated carbocycles. The monoisotopic (exact) mass is 297 g/mol. The van der Waals surface area contributed by atoms with E-state index < -0.39 is 0 Å². The number of hydrogen-bond acceptors (Lipinski definition) is 3. The first-order valence-corrected chi connectivity index (χ1v) is 8.13. The summed E-state index contributed by atoms with van der Waals surface area (Å²) in [6.07, 6.45) is 8.67. The molecule has 1 aliphatic carbocycles. The third-order valence-electron chi connectivity index (χ3n) is 5.06. The summed E-state index contributed by atoms with van der Waals surface area (Å²) in [6.45, 7) is 1.95. The van der Waals surface area contributed by atoms with Gasteiger partial charge in [0.2, 0.25) is 0 Å². The van der Waals surface area contributed by atoms with Crippen LogP contribution in [-0.2, 0) is 13.6 Å². The molecule has 20 heavy (non-hydrogen) atoms. The first kappa shape index (κ1) is 14.4. The van der Waals surface area contributed by atoms with Crippen molar-refractivity contribution in [1.82, 2.24) is 14.5 Å². The van der Waals surface area contributed by atoms with Gasteiger partial charge in [-0.15, -0.1) is 0 Å². The summed E-state index contributed by atoms with van der Waals surface area (Å²) in [7, 11) is 1.97. The molecule has 1 N–H and O–H groups in total. The standard InChI is InChI=1S/C15H24ClN3O/c1-18-14(16)9-17-15(18)10-19-8-3-2-6-12(19)11-5-4-7-13(11)20/h9,11-13,20H,2-8,10H2,1H3. The molecule has 2 aliphatic rings. The van der Waals surface area contributed by atoms with Crippen molar-refractivity contribution in [3.05, 3.63) is 17.2 Å². The predicted octanol–water partition coefficient (Wildman–Crippen LogP) is 2.59. The number of hydrogen-bond donors (Lipinski definition) is 1. The molecule has 0 amide bonds. The quantitative estimate of drug-likeness (QED) is 0.932. The van der Waals surface area contributed by atoms with Crippen LogP contribution in [0.2, 0.25) is 5.15 Å². The van der Waals surface area contributed by atoms with Crippen LogP contribution in [0, 0.1) is 5.92 Å². The summed E-state index contributed by atoms with van der Waals surface area (Å²) in [4.78, 5) is 6.93. The maximum atomic E-state index is 10.2. The Balaban J connectivity index is 1.73. The maximum Gasteiger partial charge on any atom is 0.128 e. The number of imidazole rings is 1. The zero-order valence-electron chi connectivity index (χ0n) is 12.1. The predicted molar refractivity (Wildman–Crippen MR) is 79.6 cm³/mol. The Kier molecular flexibility index (Phi) is 4.34. The molecule has 112 valence electrons. The Morgan fingerprint density at radius 1 is 1.30 bits per heavy atom. The molecular weight excluding hydrogens is 274 g/mol. The van der Waals surface area contributed by atoms with Gasteiger partial charge in [0.1, 0.15) is 11.0 Å². The normalized spacial score (nSPS) is 31.9. The number of rotatable bonds is 3. The molecule has 3 rings (SSSR count). The van der Waals surface area contributed by atoms with Crippen LogP contribution < -0.4 is 0 Å². The van der Waals surface area contributed by atoms with Crippen LogP contribution in [0.1, 0.15) is 44.3 Å². The van der Waals surface area contributed by atoms with Crippen molar-refractivity contribution in [2.75, 3.05) is 6.54 Å². The number of aliphatic hydroxyl groups is 1. The summed E-state index contributed by atoms with van der Waals surface area (Å²) in [5.41, 5.74) is 0. The van der Waals surface area contributed by atoms with Crippen LogP contribution in [0.25, 0.3) is 0 Å². The fraction of sp³-hybridized carbons (Fsp3) is 0.800. The first-order valence-electron chi connectivity index (χ1n) is 7.75. The molecule has 1 aliphatic heterocycles. The van der Waals surface area contributed by atoms with Crippen LogP contribution in [0.3, 0.4) is 0 Å². The Bertz CT molecular complexity index is 462. The van der Waals surface area contributed by atoms with Crippen molar-refractivity contribution < 1.29 is 5.11 Å². The van der Waals surface area contributed by atoms with E-state index in [0.717, 1.165) is 25.3 Å². The fourth-order valence-corrected chi connectivity index (χ4v) is 4.02. The highest BCUT2D eigenvalue weighted by Crippen LogP contribution is 2.35. The van der Waals surface area contributed by atoms with Gasteiger partial charge in [-0.25, -0.2) is 4.98 Å². The molecule has 2 heterocycles. The molecule has 0 spiro atoms. The number of halogens is 1. The van der Waals surface area contributed by atoms with Crippen LogP contribution >= 0.6 is 11.6 Å². The minimum Gasteiger partial charge on any atom is -0.393 e. The lowest BCUT2D eigenvalue weighted by molar-refractivity contribution is 0.0296. The maximum absolute atomic E-state index is 10.2. The Morgan fingerprint density at radius 2 is 2.15 bits per heavy atom. The van der Waals surface area contributed by atoms with E-state index in [9.17, 15) is 5.11 Å². The van der Waals surface area contributed by atoms with Crippen molar-refractivity contribution in [3.63, 3.8) is 0 Å². The van der Waals surface area contributed by atoms with Gasteiger partial charge in [-0.05, 0) is 32.2 Å². The van der Waals surface area contributed by atoms with Crippen LogP contribution in [-0.4, -0.2) is 38.2 Å². The van der Waals surface area contributed by atoms with Crippen LogP contribution in [0.4, 0.5) is 0 Å². The first-order chi connectivity index (χ1) is 9.66. The molecule has 4 nitrogen and oxygen atoms in total. The summed E-state index contributed by atoms with van der Waals surface area (Å²) in [5.74, 6) is 1.47. The average Bonchev–Trinajstić information content (AvgIpc) is 3.00. The van der Waals surface area contributed by atoms with E-state index in [1.54, 1.807) is 6.20 Å². The van der Waals surface area contributed by atoms with Gasteiger partial charge in [-0.1, -0.05) is 24.4 Å². The molecule has 0 bridgehead atoms. The molecule has 2 fully saturated rings. The Labute approximate surface area is 125 Å². The lowest BCUT2D eigenvalue weighted by Gasteiger charge is -2.40. The highest BCUT2D eigenvalue weighted by molar-refractivity contribution is 6.29. The molecule has 5 heteroatoms. The molecule has 3 unspecified atom stereocenters. The molecule has 0 radical (unpaired) electrons. The number of aromatic nitrogens is 2. The van der Waals surface area contributed by atoms with Crippen LogP contribution in [0.5, 0.6) is 0 Å². The second-order valence-electron chi connectivity index (χ2n) is 6.25. The number of nitrogens with zero attached hydrogens (tertiary/aromatic N) is 3. The van der Waals surface area contributed by atoms with E-state index >= 15 is 0 Å². The van der Waals surface area contributed by atoms with Gasteiger partial charge in [0.25, 0.3) is 0 Å². The van der Waals surface area contributed by atoms with Gasteiger partial charge in [0, 0.05) is 19.0 Å². The molecule has 1 aromatic rings. The minimum absolute atomic E-state index is 0.106.